The molecule has 2 aromatic carbocycles. The minimum Gasteiger partial charge on any atom is -0.352 e. The van der Waals surface area contributed by atoms with E-state index in [1.165, 1.54) is 11.1 Å². The Labute approximate surface area is 195 Å². The van der Waals surface area contributed by atoms with Crippen molar-refractivity contribution in [2.75, 3.05) is 32.0 Å². The zero-order valence-corrected chi connectivity index (χ0v) is 19.8. The molecule has 30 heavy (non-hydrogen) atoms. The molecule has 6 nitrogen and oxygen atoms in total. The molecular weight excluding hydrogens is 489 g/mol. The zero-order chi connectivity index (χ0) is 20.1. The van der Waals surface area contributed by atoms with Crippen LogP contribution in [0.15, 0.2) is 53.5 Å². The molecule has 0 spiro atoms. The van der Waals surface area contributed by atoms with Crippen molar-refractivity contribution in [3.63, 3.8) is 0 Å². The quantitative estimate of drug-likeness (QED) is 0.365. The molecule has 4 rings (SSSR count). The summed E-state index contributed by atoms with van der Waals surface area (Å²) >= 11 is 0. The van der Waals surface area contributed by atoms with E-state index < -0.39 is 0 Å². The van der Waals surface area contributed by atoms with E-state index in [-0.39, 0.29) is 30.0 Å². The number of urea groups is 1. The van der Waals surface area contributed by atoms with Crippen molar-refractivity contribution >= 4 is 41.7 Å². The van der Waals surface area contributed by atoms with Crippen molar-refractivity contribution in [1.82, 2.24) is 15.1 Å². The van der Waals surface area contributed by atoms with E-state index in [0.717, 1.165) is 62.7 Å². The molecule has 1 fully saturated rings. The summed E-state index contributed by atoms with van der Waals surface area (Å²) in [7, 11) is 1.83. The third kappa shape index (κ3) is 5.44. The number of likely N-dealkylation sites (tertiary alicyclic amines) is 1. The fourth-order valence-corrected chi connectivity index (χ4v) is 4.07. The van der Waals surface area contributed by atoms with E-state index in [9.17, 15) is 4.79 Å². The second kappa shape index (κ2) is 10.7. The molecule has 2 amide bonds. The number of anilines is 1. The molecule has 0 unspecified atom stereocenters. The normalized spacial score (nSPS) is 16.0. The maximum Gasteiger partial charge on any atom is 0.321 e. The number of hydrogen-bond donors (Lipinski definition) is 2. The topological polar surface area (TPSA) is 60.0 Å². The first-order chi connectivity index (χ1) is 14.2. The Bertz CT molecular complexity index is 895. The lowest BCUT2D eigenvalue weighted by atomic mass is 10.0. The van der Waals surface area contributed by atoms with Gasteiger partial charge >= 0.3 is 6.03 Å². The predicted octanol–water partition coefficient (Wildman–Crippen LogP) is 4.07. The van der Waals surface area contributed by atoms with Crippen molar-refractivity contribution < 1.29 is 4.79 Å². The van der Waals surface area contributed by atoms with Gasteiger partial charge in [0.1, 0.15) is 0 Å². The van der Waals surface area contributed by atoms with E-state index in [2.05, 4.69) is 50.9 Å². The number of benzene rings is 2. The van der Waals surface area contributed by atoms with Crippen LogP contribution in [0.1, 0.15) is 29.5 Å². The first-order valence-electron chi connectivity index (χ1n) is 10.4. The number of hydrogen-bond acceptors (Lipinski definition) is 2. The van der Waals surface area contributed by atoms with Gasteiger partial charge in [-0.1, -0.05) is 36.4 Å². The summed E-state index contributed by atoms with van der Waals surface area (Å²) in [6, 6.07) is 16.6. The Morgan fingerprint density at radius 2 is 1.77 bits per heavy atom. The molecule has 0 bridgehead atoms. The van der Waals surface area contributed by atoms with Gasteiger partial charge < -0.3 is 20.4 Å². The average molecular weight is 519 g/mol. The van der Waals surface area contributed by atoms with E-state index in [1.807, 2.05) is 30.1 Å². The van der Waals surface area contributed by atoms with Gasteiger partial charge in [0.2, 0.25) is 0 Å². The summed E-state index contributed by atoms with van der Waals surface area (Å²) in [6.45, 7) is 4.20. The number of halogens is 1. The highest BCUT2D eigenvalue weighted by atomic mass is 127. The second-order valence-electron chi connectivity index (χ2n) is 7.67. The summed E-state index contributed by atoms with van der Waals surface area (Å²) in [5, 5.41) is 6.49. The number of fused-ring (bicyclic) bond motifs is 1. The van der Waals surface area contributed by atoms with Gasteiger partial charge in [-0.05, 0) is 48.1 Å². The maximum atomic E-state index is 12.3. The van der Waals surface area contributed by atoms with Crippen molar-refractivity contribution in [1.29, 1.82) is 0 Å². The molecule has 0 aliphatic carbocycles. The van der Waals surface area contributed by atoms with Crippen LogP contribution in [0.25, 0.3) is 0 Å². The molecular formula is C23H30IN5O. The Balaban J connectivity index is 0.00000256. The van der Waals surface area contributed by atoms with Crippen LogP contribution in [-0.2, 0) is 19.5 Å². The van der Waals surface area contributed by atoms with Crippen LogP contribution < -0.4 is 10.6 Å². The highest BCUT2D eigenvalue weighted by molar-refractivity contribution is 14.0. The van der Waals surface area contributed by atoms with Gasteiger partial charge in [-0.25, -0.2) is 4.79 Å². The largest absolute Gasteiger partial charge is 0.352 e. The van der Waals surface area contributed by atoms with Crippen molar-refractivity contribution in [3.05, 3.63) is 65.2 Å². The highest BCUT2D eigenvalue weighted by Gasteiger charge is 2.19. The van der Waals surface area contributed by atoms with Crippen LogP contribution in [0.5, 0.6) is 0 Å². The lowest BCUT2D eigenvalue weighted by Gasteiger charge is -2.31. The number of aliphatic imine (C=N–C) groups is 1. The van der Waals surface area contributed by atoms with Gasteiger partial charge in [-0.2, -0.15) is 0 Å². The van der Waals surface area contributed by atoms with Crippen LogP contribution in [0, 0.1) is 0 Å². The van der Waals surface area contributed by atoms with Gasteiger partial charge in [0, 0.05) is 45.5 Å². The highest BCUT2D eigenvalue weighted by Crippen LogP contribution is 2.19. The summed E-state index contributed by atoms with van der Waals surface area (Å²) in [5.41, 5.74) is 4.75. The molecule has 0 atom stereocenters. The minimum absolute atomic E-state index is 0. The van der Waals surface area contributed by atoms with Gasteiger partial charge in [0.25, 0.3) is 0 Å². The molecule has 2 aliphatic rings. The average Bonchev–Trinajstić information content (AvgIpc) is 3.29. The molecule has 7 heteroatoms. The number of nitrogens with one attached hydrogen (secondary N) is 2. The van der Waals surface area contributed by atoms with Crippen LogP contribution in [0.4, 0.5) is 10.5 Å². The number of carbonyl (C=O) groups excluding carboxylic acids is 1. The molecule has 2 aliphatic heterocycles. The lowest BCUT2D eigenvalue weighted by Crippen LogP contribution is -2.43. The van der Waals surface area contributed by atoms with Crippen molar-refractivity contribution in [2.24, 2.45) is 4.99 Å². The molecule has 2 N–H and O–H groups in total. The standard InChI is InChI=1S/C23H29N5O.HI/c1-24-22(28-14-11-19-8-2-3-9-20(19)17-28)25-16-18-7-6-10-21(15-18)26-23(29)27-12-4-5-13-27;/h2-3,6-10,15H,4-5,11-14,16-17H2,1H3,(H,24,25)(H,26,29);1H. The van der Waals surface area contributed by atoms with Gasteiger partial charge in [-0.15, -0.1) is 24.0 Å². The summed E-state index contributed by atoms with van der Waals surface area (Å²) in [6.07, 6.45) is 3.23. The third-order valence-electron chi connectivity index (χ3n) is 5.66. The molecule has 2 aromatic rings. The first kappa shape index (κ1) is 22.4. The molecule has 0 radical (unpaired) electrons. The molecule has 2 heterocycles. The summed E-state index contributed by atoms with van der Waals surface area (Å²) in [5.74, 6) is 0.908. The van der Waals surface area contributed by atoms with Gasteiger partial charge in [0.15, 0.2) is 5.96 Å². The van der Waals surface area contributed by atoms with Crippen LogP contribution in [0.3, 0.4) is 0 Å². The predicted molar refractivity (Wildman–Crippen MR) is 132 cm³/mol. The van der Waals surface area contributed by atoms with E-state index >= 15 is 0 Å². The fraction of sp³-hybridized carbons (Fsp3) is 0.391. The number of guanidine groups is 1. The first-order valence-corrected chi connectivity index (χ1v) is 10.4. The van der Waals surface area contributed by atoms with Gasteiger partial charge in [0.05, 0.1) is 0 Å². The molecule has 0 aromatic heterocycles. The molecule has 1 saturated heterocycles. The van der Waals surface area contributed by atoms with Crippen molar-refractivity contribution in [3.8, 4) is 0 Å². The van der Waals surface area contributed by atoms with E-state index in [4.69, 9.17) is 0 Å². The Kier molecular flexibility index (Phi) is 7.95. The van der Waals surface area contributed by atoms with E-state index in [0.29, 0.717) is 6.54 Å². The van der Waals surface area contributed by atoms with Crippen LogP contribution in [0.2, 0.25) is 0 Å². The SMILES string of the molecule is CN=C(NCc1cccc(NC(=O)N2CCCC2)c1)N1CCc2ccccc2C1.I. The number of amides is 2. The van der Waals surface area contributed by atoms with Crippen LogP contribution >= 0.6 is 24.0 Å². The summed E-state index contributed by atoms with van der Waals surface area (Å²) < 4.78 is 0. The number of nitrogens with zero attached hydrogens (tertiary/aromatic N) is 3. The summed E-state index contributed by atoms with van der Waals surface area (Å²) in [4.78, 5) is 21.0. The second-order valence-corrected chi connectivity index (χ2v) is 7.67. The van der Waals surface area contributed by atoms with Crippen LogP contribution in [-0.4, -0.2) is 48.5 Å². The van der Waals surface area contributed by atoms with Crippen molar-refractivity contribution in [2.45, 2.75) is 32.4 Å². The molecule has 0 saturated carbocycles. The maximum absolute atomic E-state index is 12.3. The third-order valence-corrected chi connectivity index (χ3v) is 5.66. The smallest absolute Gasteiger partial charge is 0.321 e. The lowest BCUT2D eigenvalue weighted by molar-refractivity contribution is 0.222. The fourth-order valence-electron chi connectivity index (χ4n) is 4.07. The Morgan fingerprint density at radius 3 is 2.53 bits per heavy atom. The molecule has 160 valence electrons. The Morgan fingerprint density at radius 1 is 1.00 bits per heavy atom. The zero-order valence-electron chi connectivity index (χ0n) is 17.4. The van der Waals surface area contributed by atoms with Gasteiger partial charge in [-0.3, -0.25) is 4.99 Å². The number of carbonyl (C=O) groups is 1. The monoisotopic (exact) mass is 519 g/mol. The van der Waals surface area contributed by atoms with E-state index in [1.54, 1.807) is 0 Å². The number of rotatable bonds is 3. The minimum atomic E-state index is -0.00426. The Hall–Kier alpha value is -2.29.